The van der Waals surface area contributed by atoms with Crippen molar-refractivity contribution in [1.82, 2.24) is 0 Å². The first-order valence-corrected chi connectivity index (χ1v) is 9.65. The third-order valence-corrected chi connectivity index (χ3v) is 4.71. The second kappa shape index (κ2) is 8.73. The monoisotopic (exact) mass is 392 g/mol. The molecule has 2 N–H and O–H groups in total. The SMILES string of the molecule is CCOc1ccc(NC(=O)C2=C(O)c3ccccc3C(=O)C2=NC(C)CC)cc1. The number of amides is 1. The maximum Gasteiger partial charge on any atom is 0.261 e. The zero-order valence-corrected chi connectivity index (χ0v) is 16.7. The number of aliphatic hydroxyl groups excluding tert-OH is 1. The summed E-state index contributed by atoms with van der Waals surface area (Å²) in [5.41, 5.74) is 1.07. The molecule has 0 heterocycles. The van der Waals surface area contributed by atoms with Crippen LogP contribution in [0.2, 0.25) is 0 Å². The van der Waals surface area contributed by atoms with Gasteiger partial charge in [-0.05, 0) is 44.5 Å². The van der Waals surface area contributed by atoms with E-state index in [1.165, 1.54) is 0 Å². The number of benzene rings is 2. The van der Waals surface area contributed by atoms with Crippen molar-refractivity contribution >= 4 is 28.8 Å². The molecule has 6 heteroatoms. The zero-order chi connectivity index (χ0) is 21.0. The second-order valence-corrected chi connectivity index (χ2v) is 6.74. The number of anilines is 1. The lowest BCUT2D eigenvalue weighted by molar-refractivity contribution is -0.112. The van der Waals surface area contributed by atoms with Crippen LogP contribution in [0.15, 0.2) is 59.1 Å². The number of Topliss-reactive ketones (excluding diaryl/α,β-unsaturated/α-hetero) is 1. The van der Waals surface area contributed by atoms with E-state index in [1.54, 1.807) is 48.5 Å². The van der Waals surface area contributed by atoms with E-state index in [4.69, 9.17) is 4.74 Å². The molecule has 2 aromatic rings. The molecule has 1 amide bonds. The van der Waals surface area contributed by atoms with Crippen LogP contribution in [0.3, 0.4) is 0 Å². The molecule has 6 nitrogen and oxygen atoms in total. The Bertz CT molecular complexity index is 990. The standard InChI is InChI=1S/C23H24N2O4/c1-4-14(3)24-20-19(21(26)17-8-6-7-9-18(17)22(20)27)23(28)25-15-10-12-16(13-11-15)29-5-2/h6-14,26H,4-5H2,1-3H3,(H,25,28). The van der Waals surface area contributed by atoms with Crippen molar-refractivity contribution in [3.05, 3.63) is 65.2 Å². The molecule has 0 saturated heterocycles. The first-order valence-electron chi connectivity index (χ1n) is 9.65. The number of aliphatic hydroxyl groups is 1. The predicted molar refractivity (Wildman–Crippen MR) is 114 cm³/mol. The fraction of sp³-hybridized carbons (Fsp3) is 0.261. The number of nitrogens with zero attached hydrogens (tertiary/aromatic N) is 1. The molecule has 1 aliphatic rings. The van der Waals surface area contributed by atoms with Crippen LogP contribution in [0.25, 0.3) is 5.76 Å². The van der Waals surface area contributed by atoms with Crippen molar-refractivity contribution in [3.8, 4) is 5.75 Å². The molecule has 0 aliphatic heterocycles. The summed E-state index contributed by atoms with van der Waals surface area (Å²) < 4.78 is 5.40. The van der Waals surface area contributed by atoms with Gasteiger partial charge in [-0.3, -0.25) is 14.6 Å². The fourth-order valence-electron chi connectivity index (χ4n) is 3.02. The van der Waals surface area contributed by atoms with Crippen molar-refractivity contribution in [2.45, 2.75) is 33.2 Å². The average Bonchev–Trinajstić information content (AvgIpc) is 2.73. The van der Waals surface area contributed by atoms with Crippen LogP contribution in [-0.4, -0.2) is 35.2 Å². The summed E-state index contributed by atoms with van der Waals surface area (Å²) >= 11 is 0. The molecule has 0 fully saturated rings. The third-order valence-electron chi connectivity index (χ3n) is 4.71. The van der Waals surface area contributed by atoms with Gasteiger partial charge in [0, 0.05) is 22.9 Å². The Morgan fingerprint density at radius 3 is 2.38 bits per heavy atom. The van der Waals surface area contributed by atoms with E-state index in [9.17, 15) is 14.7 Å². The summed E-state index contributed by atoms with van der Waals surface area (Å²) in [6.07, 6.45) is 0.701. The molecule has 0 saturated carbocycles. The Morgan fingerprint density at radius 2 is 1.76 bits per heavy atom. The molecule has 29 heavy (non-hydrogen) atoms. The molecule has 2 aromatic carbocycles. The number of carbonyl (C=O) groups is 2. The summed E-state index contributed by atoms with van der Waals surface area (Å²) in [5, 5.41) is 13.6. The molecule has 1 aliphatic carbocycles. The number of ether oxygens (including phenoxy) is 1. The summed E-state index contributed by atoms with van der Waals surface area (Å²) in [7, 11) is 0. The highest BCUT2D eigenvalue weighted by atomic mass is 16.5. The highest BCUT2D eigenvalue weighted by molar-refractivity contribution is 6.59. The molecular weight excluding hydrogens is 368 g/mol. The molecule has 0 aromatic heterocycles. The Morgan fingerprint density at radius 1 is 1.10 bits per heavy atom. The fourth-order valence-corrected chi connectivity index (χ4v) is 3.02. The summed E-state index contributed by atoms with van der Waals surface area (Å²) in [6, 6.07) is 13.4. The lowest BCUT2D eigenvalue weighted by atomic mass is 9.87. The molecule has 0 radical (unpaired) electrons. The van der Waals surface area contributed by atoms with Gasteiger partial charge in [0.05, 0.1) is 6.61 Å². The highest BCUT2D eigenvalue weighted by Gasteiger charge is 2.35. The van der Waals surface area contributed by atoms with Crippen molar-refractivity contribution in [2.75, 3.05) is 11.9 Å². The van der Waals surface area contributed by atoms with Crippen LogP contribution in [0.4, 0.5) is 5.69 Å². The number of fused-ring (bicyclic) bond motifs is 1. The number of hydrogen-bond acceptors (Lipinski definition) is 5. The third kappa shape index (κ3) is 4.21. The van der Waals surface area contributed by atoms with Crippen LogP contribution < -0.4 is 10.1 Å². The number of hydrogen-bond donors (Lipinski definition) is 2. The van der Waals surface area contributed by atoms with Gasteiger partial charge < -0.3 is 15.2 Å². The molecule has 1 unspecified atom stereocenters. The topological polar surface area (TPSA) is 88.0 Å². The van der Waals surface area contributed by atoms with E-state index in [0.717, 1.165) is 0 Å². The molecule has 3 rings (SSSR count). The van der Waals surface area contributed by atoms with Crippen molar-refractivity contribution in [3.63, 3.8) is 0 Å². The molecule has 150 valence electrons. The Hall–Kier alpha value is -3.41. The number of carbonyl (C=O) groups excluding carboxylic acids is 2. The van der Waals surface area contributed by atoms with Gasteiger partial charge in [-0.25, -0.2) is 0 Å². The number of ketones is 1. The van der Waals surface area contributed by atoms with Gasteiger partial charge in [-0.1, -0.05) is 31.2 Å². The van der Waals surface area contributed by atoms with Gasteiger partial charge in [0.15, 0.2) is 0 Å². The summed E-state index contributed by atoms with van der Waals surface area (Å²) in [6.45, 7) is 6.24. The van der Waals surface area contributed by atoms with Crippen molar-refractivity contribution < 1.29 is 19.4 Å². The van der Waals surface area contributed by atoms with Crippen LogP contribution in [0.5, 0.6) is 5.75 Å². The van der Waals surface area contributed by atoms with Crippen LogP contribution in [-0.2, 0) is 4.79 Å². The largest absolute Gasteiger partial charge is 0.506 e. The maximum atomic E-state index is 13.0. The number of aliphatic imine (C=N–C) groups is 1. The van der Waals surface area contributed by atoms with Gasteiger partial charge in [0.2, 0.25) is 5.78 Å². The summed E-state index contributed by atoms with van der Waals surface area (Å²) in [4.78, 5) is 30.5. The summed E-state index contributed by atoms with van der Waals surface area (Å²) in [5.74, 6) is -0.508. The van der Waals surface area contributed by atoms with E-state index in [-0.39, 0.29) is 28.9 Å². The first kappa shape index (κ1) is 20.3. The van der Waals surface area contributed by atoms with E-state index < -0.39 is 5.91 Å². The molecule has 1 atom stereocenters. The van der Waals surface area contributed by atoms with E-state index in [2.05, 4.69) is 10.3 Å². The smallest absolute Gasteiger partial charge is 0.261 e. The first-order chi connectivity index (χ1) is 14.0. The number of rotatable bonds is 6. The van der Waals surface area contributed by atoms with Crippen LogP contribution in [0.1, 0.15) is 43.1 Å². The zero-order valence-electron chi connectivity index (χ0n) is 16.7. The minimum Gasteiger partial charge on any atom is -0.506 e. The van der Waals surface area contributed by atoms with Crippen molar-refractivity contribution in [1.29, 1.82) is 0 Å². The van der Waals surface area contributed by atoms with Crippen LogP contribution >= 0.6 is 0 Å². The lowest BCUT2D eigenvalue weighted by Gasteiger charge is -2.21. The molecule has 0 spiro atoms. The lowest BCUT2D eigenvalue weighted by Crippen LogP contribution is -2.32. The van der Waals surface area contributed by atoms with Gasteiger partial charge >= 0.3 is 0 Å². The van der Waals surface area contributed by atoms with E-state index in [1.807, 2.05) is 20.8 Å². The van der Waals surface area contributed by atoms with Crippen molar-refractivity contribution in [2.24, 2.45) is 4.99 Å². The van der Waals surface area contributed by atoms with Gasteiger partial charge in [-0.15, -0.1) is 0 Å². The predicted octanol–water partition coefficient (Wildman–Crippen LogP) is 4.43. The molecule has 0 bridgehead atoms. The van der Waals surface area contributed by atoms with Gasteiger partial charge in [0.25, 0.3) is 5.91 Å². The molecular formula is C23H24N2O4. The van der Waals surface area contributed by atoms with E-state index in [0.29, 0.717) is 35.6 Å². The van der Waals surface area contributed by atoms with Crippen LogP contribution in [0, 0.1) is 0 Å². The Balaban J connectivity index is 2.01. The van der Waals surface area contributed by atoms with Gasteiger partial charge in [0.1, 0.15) is 22.8 Å². The second-order valence-electron chi connectivity index (χ2n) is 6.74. The minimum absolute atomic E-state index is 0.0148. The quantitative estimate of drug-likeness (QED) is 0.761. The van der Waals surface area contributed by atoms with E-state index >= 15 is 0 Å². The number of nitrogens with one attached hydrogen (secondary N) is 1. The maximum absolute atomic E-state index is 13.0. The van der Waals surface area contributed by atoms with Gasteiger partial charge in [-0.2, -0.15) is 0 Å². The minimum atomic E-state index is -0.587. The Kier molecular flexibility index (Phi) is 6.12. The average molecular weight is 392 g/mol. The Labute approximate surface area is 169 Å². The highest BCUT2D eigenvalue weighted by Crippen LogP contribution is 2.30. The normalized spacial score (nSPS) is 15.8.